The van der Waals surface area contributed by atoms with E-state index < -0.39 is 0 Å². The van der Waals surface area contributed by atoms with E-state index in [2.05, 4.69) is 32.3 Å². The van der Waals surface area contributed by atoms with Crippen LogP contribution in [0, 0.1) is 0 Å². The Balaban J connectivity index is 2.02. The summed E-state index contributed by atoms with van der Waals surface area (Å²) in [5, 5.41) is 9.36. The molecule has 0 aliphatic rings. The van der Waals surface area contributed by atoms with Crippen LogP contribution in [0.1, 0.15) is 19.3 Å². The molecule has 0 unspecified atom stereocenters. The number of unbranched alkanes of at least 4 members (excludes halogenated alkanes) is 2. The number of benzene rings is 1. The van der Waals surface area contributed by atoms with E-state index in [1.807, 2.05) is 22.9 Å². The molecule has 0 fully saturated rings. The van der Waals surface area contributed by atoms with Crippen molar-refractivity contribution in [3.8, 4) is 0 Å². The van der Waals surface area contributed by atoms with Gasteiger partial charge in [0.25, 0.3) is 0 Å². The summed E-state index contributed by atoms with van der Waals surface area (Å²) >= 11 is 3.43. The molecule has 0 amide bonds. The molecule has 1 aromatic heterocycles. The van der Waals surface area contributed by atoms with E-state index in [-0.39, 0.29) is 0 Å². The minimum absolute atomic E-state index is 0.966. The van der Waals surface area contributed by atoms with Crippen LogP contribution in [0.5, 0.6) is 0 Å². The van der Waals surface area contributed by atoms with Crippen molar-refractivity contribution in [3.63, 3.8) is 0 Å². The van der Waals surface area contributed by atoms with Crippen LogP contribution in [0.25, 0.3) is 11.0 Å². The maximum atomic E-state index is 4.15. The Hall–Kier alpha value is -0.900. The summed E-state index contributed by atoms with van der Waals surface area (Å²) in [4.78, 5) is 0. The quantitative estimate of drug-likeness (QED) is 0.616. The highest BCUT2D eigenvalue weighted by Crippen LogP contribution is 2.11. The van der Waals surface area contributed by atoms with Gasteiger partial charge in [-0.2, -0.15) is 0 Å². The number of fused-ring (bicyclic) bond motifs is 1. The normalized spacial score (nSPS) is 11.0. The van der Waals surface area contributed by atoms with E-state index in [1.165, 1.54) is 19.3 Å². The van der Waals surface area contributed by atoms with E-state index >= 15 is 0 Å². The number of alkyl halides is 1. The van der Waals surface area contributed by atoms with E-state index in [0.717, 1.165) is 22.9 Å². The lowest BCUT2D eigenvalue weighted by molar-refractivity contribution is 0.552. The fourth-order valence-corrected chi connectivity index (χ4v) is 2.01. The molecule has 3 nitrogen and oxygen atoms in total. The molecule has 2 rings (SSSR count). The summed E-state index contributed by atoms with van der Waals surface area (Å²) in [5.41, 5.74) is 2.12. The number of rotatable bonds is 5. The standard InChI is InChI=1S/C11H14BrN3/c12-8-4-1-5-9-15-11-7-3-2-6-10(11)13-14-15/h2-3,6-7H,1,4-5,8-9H2. The number of para-hydroxylation sites is 1. The highest BCUT2D eigenvalue weighted by molar-refractivity contribution is 9.09. The van der Waals surface area contributed by atoms with Gasteiger partial charge >= 0.3 is 0 Å². The topological polar surface area (TPSA) is 30.7 Å². The number of aryl methyl sites for hydroxylation is 1. The van der Waals surface area contributed by atoms with Crippen molar-refractivity contribution in [1.82, 2.24) is 15.0 Å². The van der Waals surface area contributed by atoms with Gasteiger partial charge in [-0.1, -0.05) is 39.7 Å². The second-order valence-electron chi connectivity index (χ2n) is 3.55. The minimum atomic E-state index is 0.966. The summed E-state index contributed by atoms with van der Waals surface area (Å²) in [6.45, 7) is 0.966. The molecule has 15 heavy (non-hydrogen) atoms. The number of nitrogens with zero attached hydrogens (tertiary/aromatic N) is 3. The molecule has 0 aliphatic heterocycles. The van der Waals surface area contributed by atoms with Crippen molar-refractivity contribution < 1.29 is 0 Å². The van der Waals surface area contributed by atoms with Crippen LogP contribution >= 0.6 is 15.9 Å². The SMILES string of the molecule is BrCCCCCn1nnc2ccccc21. The molecule has 0 atom stereocenters. The maximum absolute atomic E-state index is 4.15. The van der Waals surface area contributed by atoms with Crippen LogP contribution in [-0.2, 0) is 6.54 Å². The molecule has 1 heterocycles. The Morgan fingerprint density at radius 3 is 2.87 bits per heavy atom. The summed E-state index contributed by atoms with van der Waals surface area (Å²) in [6, 6.07) is 8.09. The lowest BCUT2D eigenvalue weighted by atomic mass is 10.2. The number of aromatic nitrogens is 3. The van der Waals surface area contributed by atoms with Gasteiger partial charge in [0.1, 0.15) is 5.52 Å². The van der Waals surface area contributed by atoms with Crippen molar-refractivity contribution in [2.45, 2.75) is 25.8 Å². The van der Waals surface area contributed by atoms with Crippen LogP contribution in [0.15, 0.2) is 24.3 Å². The van der Waals surface area contributed by atoms with Crippen molar-refractivity contribution in [2.24, 2.45) is 0 Å². The van der Waals surface area contributed by atoms with Crippen LogP contribution in [0.4, 0.5) is 0 Å². The number of halogens is 1. The third-order valence-electron chi connectivity index (χ3n) is 2.42. The summed E-state index contributed by atoms with van der Waals surface area (Å²) in [5.74, 6) is 0. The van der Waals surface area contributed by atoms with Crippen LogP contribution in [-0.4, -0.2) is 20.3 Å². The fourth-order valence-electron chi connectivity index (χ4n) is 1.62. The molecule has 0 aliphatic carbocycles. The maximum Gasteiger partial charge on any atom is 0.113 e. The van der Waals surface area contributed by atoms with E-state index in [4.69, 9.17) is 0 Å². The van der Waals surface area contributed by atoms with Crippen molar-refractivity contribution in [2.75, 3.05) is 5.33 Å². The first kappa shape index (κ1) is 10.6. The van der Waals surface area contributed by atoms with Crippen molar-refractivity contribution >= 4 is 27.0 Å². The zero-order valence-corrected chi connectivity index (χ0v) is 10.2. The van der Waals surface area contributed by atoms with Gasteiger partial charge in [0.15, 0.2) is 0 Å². The molecule has 1 aromatic carbocycles. The average molecular weight is 268 g/mol. The van der Waals surface area contributed by atoms with E-state index in [1.54, 1.807) is 0 Å². The minimum Gasteiger partial charge on any atom is -0.245 e. The molecule has 0 spiro atoms. The highest BCUT2D eigenvalue weighted by Gasteiger charge is 2.01. The predicted molar refractivity (Wildman–Crippen MR) is 65.2 cm³/mol. The highest BCUT2D eigenvalue weighted by atomic mass is 79.9. The lowest BCUT2D eigenvalue weighted by Gasteiger charge is -2.00. The Morgan fingerprint density at radius 2 is 2.00 bits per heavy atom. The Kier molecular flexibility index (Phi) is 3.72. The zero-order valence-electron chi connectivity index (χ0n) is 8.56. The third-order valence-corrected chi connectivity index (χ3v) is 2.98. The molecule has 80 valence electrons. The van der Waals surface area contributed by atoms with Gasteiger partial charge in [-0.25, -0.2) is 4.68 Å². The first-order valence-electron chi connectivity index (χ1n) is 5.26. The molecular weight excluding hydrogens is 254 g/mol. The fraction of sp³-hybridized carbons (Fsp3) is 0.455. The molecule has 0 radical (unpaired) electrons. The third kappa shape index (κ3) is 2.56. The number of hydrogen-bond donors (Lipinski definition) is 0. The molecule has 4 heteroatoms. The van der Waals surface area contributed by atoms with Crippen LogP contribution < -0.4 is 0 Å². The summed E-state index contributed by atoms with van der Waals surface area (Å²) < 4.78 is 1.99. The summed E-state index contributed by atoms with van der Waals surface area (Å²) in [7, 11) is 0. The van der Waals surface area contributed by atoms with Gasteiger partial charge in [0.2, 0.25) is 0 Å². The molecule has 0 N–H and O–H groups in total. The van der Waals surface area contributed by atoms with Gasteiger partial charge in [-0.3, -0.25) is 0 Å². The summed E-state index contributed by atoms with van der Waals surface area (Å²) in [6.07, 6.45) is 3.63. The van der Waals surface area contributed by atoms with Crippen molar-refractivity contribution in [3.05, 3.63) is 24.3 Å². The Labute approximate surface area is 97.6 Å². The number of hydrogen-bond acceptors (Lipinski definition) is 2. The monoisotopic (exact) mass is 267 g/mol. The van der Waals surface area contributed by atoms with E-state index in [0.29, 0.717) is 0 Å². The van der Waals surface area contributed by atoms with Gasteiger partial charge < -0.3 is 0 Å². The average Bonchev–Trinajstić information content (AvgIpc) is 2.68. The molecule has 0 saturated heterocycles. The van der Waals surface area contributed by atoms with E-state index in [9.17, 15) is 0 Å². The first-order valence-corrected chi connectivity index (χ1v) is 6.38. The van der Waals surface area contributed by atoms with Crippen LogP contribution in [0.3, 0.4) is 0 Å². The largest absolute Gasteiger partial charge is 0.245 e. The van der Waals surface area contributed by atoms with Crippen molar-refractivity contribution in [1.29, 1.82) is 0 Å². The Bertz CT molecular complexity index is 424. The lowest BCUT2D eigenvalue weighted by Crippen LogP contribution is -2.00. The predicted octanol–water partition coefficient (Wildman–Crippen LogP) is 3.00. The second-order valence-corrected chi connectivity index (χ2v) is 4.34. The molecule has 2 aromatic rings. The van der Waals surface area contributed by atoms with Gasteiger partial charge in [0, 0.05) is 11.9 Å². The molecular formula is C11H14BrN3. The van der Waals surface area contributed by atoms with Crippen LogP contribution in [0.2, 0.25) is 0 Å². The van der Waals surface area contributed by atoms with Gasteiger partial charge in [-0.05, 0) is 25.0 Å². The smallest absolute Gasteiger partial charge is 0.113 e. The Morgan fingerprint density at radius 1 is 1.13 bits per heavy atom. The first-order chi connectivity index (χ1) is 7.42. The zero-order chi connectivity index (χ0) is 10.5. The molecule has 0 bridgehead atoms. The van der Waals surface area contributed by atoms with Gasteiger partial charge in [0.05, 0.1) is 5.52 Å². The molecule has 0 saturated carbocycles. The van der Waals surface area contributed by atoms with Gasteiger partial charge in [-0.15, -0.1) is 5.10 Å². The second kappa shape index (κ2) is 5.26.